The van der Waals surface area contributed by atoms with Crippen molar-refractivity contribution in [1.82, 2.24) is 4.98 Å². The van der Waals surface area contributed by atoms with Gasteiger partial charge in [-0.25, -0.2) is 18.7 Å². The molecule has 0 bridgehead atoms. The van der Waals surface area contributed by atoms with Gasteiger partial charge in [0.1, 0.15) is 11.3 Å². The first-order chi connectivity index (χ1) is 11.5. The third kappa shape index (κ3) is 1.88. The largest absolute Gasteiger partial charge is 0.504 e. The molecule has 0 saturated carbocycles. The molecule has 4 rings (SSSR count). The molecule has 0 saturated heterocycles. The van der Waals surface area contributed by atoms with Crippen LogP contribution < -0.4 is 4.90 Å². The van der Waals surface area contributed by atoms with E-state index in [1.807, 2.05) is 0 Å². The van der Waals surface area contributed by atoms with Gasteiger partial charge < -0.3 is 5.11 Å². The summed E-state index contributed by atoms with van der Waals surface area (Å²) < 4.78 is 27.2. The number of halogens is 2. The van der Waals surface area contributed by atoms with E-state index >= 15 is 0 Å². The zero-order valence-electron chi connectivity index (χ0n) is 12.0. The Hall–Kier alpha value is -3.35. The quantitative estimate of drug-likeness (QED) is 0.698. The maximum absolute atomic E-state index is 13.9. The number of hydrogen-bond donors (Lipinski definition) is 1. The Bertz CT molecular complexity index is 1010. The Kier molecular flexibility index (Phi) is 2.86. The highest BCUT2D eigenvalue weighted by Gasteiger charge is 2.38. The lowest BCUT2D eigenvalue weighted by molar-refractivity contribution is 0.0924. The average molecular weight is 326 g/mol. The molecule has 24 heavy (non-hydrogen) atoms. The van der Waals surface area contributed by atoms with Gasteiger partial charge in [0.2, 0.25) is 0 Å². The van der Waals surface area contributed by atoms with Crippen molar-refractivity contribution in [2.75, 3.05) is 4.90 Å². The number of amides is 2. The monoisotopic (exact) mass is 326 g/mol. The normalized spacial score (nSPS) is 13.7. The molecule has 0 unspecified atom stereocenters. The van der Waals surface area contributed by atoms with Gasteiger partial charge in [0.05, 0.1) is 11.1 Å². The lowest BCUT2D eigenvalue weighted by Crippen LogP contribution is -2.30. The highest BCUT2D eigenvalue weighted by atomic mass is 19.1. The molecule has 3 aromatic rings. The summed E-state index contributed by atoms with van der Waals surface area (Å²) in [5.74, 6) is -4.03. The summed E-state index contributed by atoms with van der Waals surface area (Å²) >= 11 is 0. The van der Waals surface area contributed by atoms with Gasteiger partial charge in [-0.05, 0) is 24.3 Å². The predicted molar refractivity (Wildman–Crippen MR) is 80.9 cm³/mol. The van der Waals surface area contributed by atoms with E-state index in [2.05, 4.69) is 4.98 Å². The average Bonchev–Trinajstić information content (AvgIpc) is 2.79. The first-order valence-electron chi connectivity index (χ1n) is 6.94. The minimum absolute atomic E-state index is 0.0189. The van der Waals surface area contributed by atoms with E-state index in [0.717, 1.165) is 12.1 Å². The number of pyridine rings is 1. The second-order valence-corrected chi connectivity index (χ2v) is 5.28. The fourth-order valence-electron chi connectivity index (χ4n) is 2.74. The summed E-state index contributed by atoms with van der Waals surface area (Å²) in [6, 6.07) is 8.85. The topological polar surface area (TPSA) is 70.5 Å². The second-order valence-electron chi connectivity index (χ2n) is 5.28. The zero-order valence-corrected chi connectivity index (χ0v) is 12.0. The first kappa shape index (κ1) is 14.3. The summed E-state index contributed by atoms with van der Waals surface area (Å²) in [4.78, 5) is 29.4. The Labute approximate surface area is 133 Å². The summed E-state index contributed by atoms with van der Waals surface area (Å²) in [7, 11) is 0. The SMILES string of the molecule is O=C1c2ccccc2C(=O)N1c1nc2c(F)cc(F)cc2cc1O. The van der Waals surface area contributed by atoms with Gasteiger partial charge in [0, 0.05) is 11.5 Å². The van der Waals surface area contributed by atoms with Crippen molar-refractivity contribution in [3.8, 4) is 5.75 Å². The Balaban J connectivity index is 1.93. The first-order valence-corrected chi connectivity index (χ1v) is 6.94. The lowest BCUT2D eigenvalue weighted by Gasteiger charge is -2.15. The van der Waals surface area contributed by atoms with E-state index in [9.17, 15) is 23.5 Å². The van der Waals surface area contributed by atoms with Gasteiger partial charge >= 0.3 is 0 Å². The maximum Gasteiger partial charge on any atom is 0.267 e. The molecule has 0 radical (unpaired) electrons. The van der Waals surface area contributed by atoms with Crippen LogP contribution in [0.15, 0.2) is 42.5 Å². The predicted octanol–water partition coefficient (Wildman–Crippen LogP) is 3.02. The number of nitrogens with zero attached hydrogens (tertiary/aromatic N) is 2. The standard InChI is InChI=1S/C17H8F2N2O3/c18-9-5-8-6-13(22)15(20-14(8)12(19)7-9)21-16(23)10-3-1-2-4-11(10)17(21)24/h1-7,22H. The van der Waals surface area contributed by atoms with Gasteiger partial charge in [0.15, 0.2) is 17.4 Å². The molecule has 0 fully saturated rings. The molecule has 0 spiro atoms. The number of aromatic hydroxyl groups is 1. The summed E-state index contributed by atoms with van der Waals surface area (Å²) in [6.07, 6.45) is 0. The van der Waals surface area contributed by atoms with Crippen molar-refractivity contribution in [3.63, 3.8) is 0 Å². The molecule has 5 nitrogen and oxygen atoms in total. The maximum atomic E-state index is 13.9. The molecule has 2 amide bonds. The molecular weight excluding hydrogens is 318 g/mol. The van der Waals surface area contributed by atoms with Crippen LogP contribution in [0.3, 0.4) is 0 Å². The Morgan fingerprint density at radius 2 is 1.58 bits per heavy atom. The van der Waals surface area contributed by atoms with E-state index in [-0.39, 0.29) is 27.8 Å². The lowest BCUT2D eigenvalue weighted by atomic mass is 10.1. The molecule has 1 aromatic heterocycles. The number of fused-ring (bicyclic) bond motifs is 2. The molecule has 2 heterocycles. The van der Waals surface area contributed by atoms with Crippen LogP contribution in [0.5, 0.6) is 5.75 Å². The van der Waals surface area contributed by atoms with Crippen LogP contribution in [0.1, 0.15) is 20.7 Å². The van der Waals surface area contributed by atoms with Crippen molar-refractivity contribution in [2.24, 2.45) is 0 Å². The van der Waals surface area contributed by atoms with Crippen molar-refractivity contribution in [1.29, 1.82) is 0 Å². The minimum Gasteiger partial charge on any atom is -0.504 e. The van der Waals surface area contributed by atoms with Crippen LogP contribution in [-0.4, -0.2) is 21.9 Å². The molecule has 1 aliphatic heterocycles. The third-order valence-corrected chi connectivity index (χ3v) is 3.80. The van der Waals surface area contributed by atoms with Gasteiger partial charge in [-0.2, -0.15) is 0 Å². The van der Waals surface area contributed by atoms with Gasteiger partial charge in [0.25, 0.3) is 11.8 Å². The van der Waals surface area contributed by atoms with Crippen LogP contribution in [0.2, 0.25) is 0 Å². The Morgan fingerprint density at radius 1 is 0.958 bits per heavy atom. The van der Waals surface area contributed by atoms with E-state index < -0.39 is 29.2 Å². The molecule has 1 N–H and O–H groups in total. The smallest absolute Gasteiger partial charge is 0.267 e. The van der Waals surface area contributed by atoms with Crippen molar-refractivity contribution in [2.45, 2.75) is 0 Å². The molecule has 0 atom stereocenters. The van der Waals surface area contributed by atoms with E-state index in [1.165, 1.54) is 12.1 Å². The molecule has 118 valence electrons. The van der Waals surface area contributed by atoms with Gasteiger partial charge in [-0.3, -0.25) is 9.59 Å². The minimum atomic E-state index is -0.956. The number of carbonyl (C=O) groups is 2. The Morgan fingerprint density at radius 3 is 2.21 bits per heavy atom. The van der Waals surface area contributed by atoms with Gasteiger partial charge in [-0.1, -0.05) is 12.1 Å². The number of hydrogen-bond acceptors (Lipinski definition) is 4. The molecule has 1 aliphatic rings. The fourth-order valence-corrected chi connectivity index (χ4v) is 2.74. The van der Waals surface area contributed by atoms with Crippen molar-refractivity contribution >= 4 is 28.5 Å². The molecule has 2 aromatic carbocycles. The number of anilines is 1. The highest BCUT2D eigenvalue weighted by molar-refractivity contribution is 6.34. The van der Waals surface area contributed by atoms with Crippen LogP contribution in [0.4, 0.5) is 14.6 Å². The van der Waals surface area contributed by atoms with Crippen LogP contribution in [0, 0.1) is 11.6 Å². The van der Waals surface area contributed by atoms with E-state index in [4.69, 9.17) is 0 Å². The number of aromatic nitrogens is 1. The molecule has 7 heteroatoms. The number of carbonyl (C=O) groups excluding carboxylic acids is 2. The van der Waals surface area contributed by atoms with Crippen molar-refractivity contribution in [3.05, 3.63) is 65.2 Å². The summed E-state index contributed by atoms with van der Waals surface area (Å²) in [6.45, 7) is 0. The third-order valence-electron chi connectivity index (χ3n) is 3.80. The summed E-state index contributed by atoms with van der Waals surface area (Å²) in [5, 5.41) is 10.1. The number of rotatable bonds is 1. The molecule has 0 aliphatic carbocycles. The van der Waals surface area contributed by atoms with Crippen LogP contribution in [-0.2, 0) is 0 Å². The second kappa shape index (κ2) is 4.82. The zero-order chi connectivity index (χ0) is 17.0. The fraction of sp³-hybridized carbons (Fsp3) is 0. The van der Waals surface area contributed by atoms with Crippen LogP contribution >= 0.6 is 0 Å². The van der Waals surface area contributed by atoms with Crippen LogP contribution in [0.25, 0.3) is 10.9 Å². The molecular formula is C17H8F2N2O3. The van der Waals surface area contributed by atoms with Gasteiger partial charge in [-0.15, -0.1) is 0 Å². The van der Waals surface area contributed by atoms with E-state index in [0.29, 0.717) is 11.0 Å². The number of benzene rings is 2. The van der Waals surface area contributed by atoms with Crippen molar-refractivity contribution < 1.29 is 23.5 Å². The van der Waals surface area contributed by atoms with E-state index in [1.54, 1.807) is 12.1 Å². The summed E-state index contributed by atoms with van der Waals surface area (Å²) in [5.41, 5.74) is 0.0903. The number of imide groups is 1. The highest BCUT2D eigenvalue weighted by Crippen LogP contribution is 2.35.